The van der Waals surface area contributed by atoms with Gasteiger partial charge in [-0.1, -0.05) is 6.07 Å². The summed E-state index contributed by atoms with van der Waals surface area (Å²) >= 11 is 0. The van der Waals surface area contributed by atoms with Gasteiger partial charge in [0.2, 0.25) is 0 Å². The van der Waals surface area contributed by atoms with Gasteiger partial charge in [-0.2, -0.15) is 0 Å². The second-order valence-electron chi connectivity index (χ2n) is 8.33. The van der Waals surface area contributed by atoms with Gasteiger partial charge in [-0.15, -0.1) is 0 Å². The third-order valence-electron chi connectivity index (χ3n) is 5.19. The summed E-state index contributed by atoms with van der Waals surface area (Å²) in [5.41, 5.74) is 1.01. The first-order valence-corrected chi connectivity index (χ1v) is 9.23. The smallest absolute Gasteiger partial charge is 0.410 e. The van der Waals surface area contributed by atoms with E-state index in [0.717, 1.165) is 24.8 Å². The third kappa shape index (κ3) is 3.86. The van der Waals surface area contributed by atoms with Crippen molar-refractivity contribution < 1.29 is 14.3 Å². The van der Waals surface area contributed by atoms with Gasteiger partial charge >= 0.3 is 6.09 Å². The summed E-state index contributed by atoms with van der Waals surface area (Å²) in [4.78, 5) is 31.8. The zero-order valence-electron chi connectivity index (χ0n) is 15.6. The van der Waals surface area contributed by atoms with Crippen molar-refractivity contribution in [3.05, 3.63) is 29.6 Å². The zero-order chi connectivity index (χ0) is 18.2. The Bertz CT molecular complexity index is 651. The number of amides is 1. The van der Waals surface area contributed by atoms with Crippen LogP contribution in [0.3, 0.4) is 0 Å². The highest BCUT2D eigenvalue weighted by Gasteiger charge is 2.44. The molecule has 2 aliphatic heterocycles. The molecule has 2 aliphatic rings. The zero-order valence-corrected chi connectivity index (χ0v) is 15.6. The quantitative estimate of drug-likeness (QED) is 0.757. The van der Waals surface area contributed by atoms with E-state index in [1.165, 1.54) is 0 Å². The number of ketones is 1. The largest absolute Gasteiger partial charge is 0.444 e. The molecule has 1 amide bonds. The standard InChI is InChI=1S/C20H28N2O3/c1-13-7-6-10-21-17(13)18(23)14-11-15-8-5-9-16(12-14)22(15)19(24)25-20(2,3)4/h6-7,10,14-16H,5,8-9,11-12H2,1-4H3. The maximum atomic E-state index is 13.0. The average Bonchev–Trinajstić information content (AvgIpc) is 2.51. The molecule has 2 fully saturated rings. The molecule has 25 heavy (non-hydrogen) atoms. The van der Waals surface area contributed by atoms with Crippen molar-refractivity contribution >= 4 is 11.9 Å². The SMILES string of the molecule is Cc1cccnc1C(=O)C1CC2CCCC(C1)N2C(=O)OC(C)(C)C. The molecule has 3 rings (SSSR count). The number of ether oxygens (including phenoxy) is 1. The van der Waals surface area contributed by atoms with Crippen LogP contribution >= 0.6 is 0 Å². The van der Waals surface area contributed by atoms with Crippen LogP contribution in [0.2, 0.25) is 0 Å². The summed E-state index contributed by atoms with van der Waals surface area (Å²) < 4.78 is 5.60. The Balaban J connectivity index is 1.76. The number of piperidine rings is 2. The molecule has 0 radical (unpaired) electrons. The minimum absolute atomic E-state index is 0.0532. The Hall–Kier alpha value is -1.91. The Morgan fingerprint density at radius 2 is 1.84 bits per heavy atom. The first-order valence-electron chi connectivity index (χ1n) is 9.23. The third-order valence-corrected chi connectivity index (χ3v) is 5.19. The first kappa shape index (κ1) is 17.9. The molecule has 2 bridgehead atoms. The summed E-state index contributed by atoms with van der Waals surface area (Å²) in [6.45, 7) is 7.60. The number of nitrogens with zero attached hydrogens (tertiary/aromatic N) is 2. The number of hydrogen-bond acceptors (Lipinski definition) is 4. The number of aryl methyl sites for hydroxylation is 1. The van der Waals surface area contributed by atoms with Gasteiger partial charge in [-0.3, -0.25) is 9.78 Å². The van der Waals surface area contributed by atoms with Crippen molar-refractivity contribution in [3.8, 4) is 0 Å². The maximum Gasteiger partial charge on any atom is 0.410 e. The van der Waals surface area contributed by atoms with Crippen LogP contribution in [0.25, 0.3) is 0 Å². The number of pyridine rings is 1. The molecular weight excluding hydrogens is 316 g/mol. The fourth-order valence-corrected chi connectivity index (χ4v) is 4.15. The fraction of sp³-hybridized carbons (Fsp3) is 0.650. The van der Waals surface area contributed by atoms with E-state index in [-0.39, 0.29) is 29.9 Å². The molecule has 0 saturated carbocycles. The molecule has 1 aromatic heterocycles. The normalized spacial score (nSPS) is 26.2. The van der Waals surface area contributed by atoms with E-state index in [2.05, 4.69) is 4.98 Å². The summed E-state index contributed by atoms with van der Waals surface area (Å²) in [5.74, 6) is 0.0708. The van der Waals surface area contributed by atoms with Crippen LogP contribution in [0.5, 0.6) is 0 Å². The van der Waals surface area contributed by atoms with Crippen molar-refractivity contribution in [2.24, 2.45) is 5.92 Å². The molecule has 0 N–H and O–H groups in total. The van der Waals surface area contributed by atoms with E-state index in [1.807, 2.05) is 44.7 Å². The number of fused-ring (bicyclic) bond motifs is 2. The maximum absolute atomic E-state index is 13.0. The van der Waals surface area contributed by atoms with Gasteiger partial charge in [0.15, 0.2) is 5.78 Å². The minimum Gasteiger partial charge on any atom is -0.444 e. The van der Waals surface area contributed by atoms with Crippen LogP contribution in [0.15, 0.2) is 18.3 Å². The molecule has 2 saturated heterocycles. The number of Topliss-reactive ketones (excluding diaryl/α,β-unsaturated/α-hetero) is 1. The molecule has 3 heterocycles. The van der Waals surface area contributed by atoms with Crippen molar-refractivity contribution in [3.63, 3.8) is 0 Å². The van der Waals surface area contributed by atoms with E-state index >= 15 is 0 Å². The van der Waals surface area contributed by atoms with Gasteiger partial charge in [0.05, 0.1) is 0 Å². The fourth-order valence-electron chi connectivity index (χ4n) is 4.15. The molecule has 2 atom stereocenters. The van der Waals surface area contributed by atoms with Crippen LogP contribution in [0.1, 0.15) is 68.9 Å². The average molecular weight is 344 g/mol. The number of hydrogen-bond donors (Lipinski definition) is 0. The number of carbonyl (C=O) groups is 2. The van der Waals surface area contributed by atoms with Gasteiger partial charge in [0, 0.05) is 24.2 Å². The van der Waals surface area contributed by atoms with Crippen molar-refractivity contribution in [1.29, 1.82) is 0 Å². The minimum atomic E-state index is -0.497. The topological polar surface area (TPSA) is 59.5 Å². The molecule has 5 heteroatoms. The highest BCUT2D eigenvalue weighted by molar-refractivity contribution is 5.97. The Labute approximate surface area is 149 Å². The first-order chi connectivity index (χ1) is 11.8. The van der Waals surface area contributed by atoms with Crippen molar-refractivity contribution in [2.45, 2.75) is 77.5 Å². The summed E-state index contributed by atoms with van der Waals surface area (Å²) in [7, 11) is 0. The monoisotopic (exact) mass is 344 g/mol. The number of carbonyl (C=O) groups excluding carboxylic acids is 2. The molecule has 136 valence electrons. The molecule has 0 aromatic carbocycles. The molecular formula is C20H28N2O3. The van der Waals surface area contributed by atoms with Gasteiger partial charge in [-0.25, -0.2) is 4.79 Å². The lowest BCUT2D eigenvalue weighted by atomic mass is 9.76. The molecule has 0 spiro atoms. The van der Waals surface area contributed by atoms with E-state index in [0.29, 0.717) is 18.5 Å². The number of aromatic nitrogens is 1. The molecule has 1 aromatic rings. The van der Waals surface area contributed by atoms with E-state index < -0.39 is 5.60 Å². The lowest BCUT2D eigenvalue weighted by Gasteiger charge is -2.48. The second kappa shape index (κ2) is 6.77. The Morgan fingerprint density at radius 3 is 2.40 bits per heavy atom. The summed E-state index contributed by atoms with van der Waals surface area (Å²) in [6, 6.07) is 3.98. The molecule has 2 unspecified atom stereocenters. The lowest BCUT2D eigenvalue weighted by molar-refractivity contribution is -0.0261. The van der Waals surface area contributed by atoms with Crippen LogP contribution in [-0.4, -0.2) is 39.4 Å². The number of rotatable bonds is 2. The molecule has 5 nitrogen and oxygen atoms in total. The van der Waals surface area contributed by atoms with Gasteiger partial charge in [0.1, 0.15) is 11.3 Å². The Kier molecular flexibility index (Phi) is 4.85. The second-order valence-corrected chi connectivity index (χ2v) is 8.33. The van der Waals surface area contributed by atoms with Crippen LogP contribution < -0.4 is 0 Å². The van der Waals surface area contributed by atoms with Crippen molar-refractivity contribution in [2.75, 3.05) is 0 Å². The molecule has 0 aliphatic carbocycles. The predicted molar refractivity (Wildman–Crippen MR) is 95.5 cm³/mol. The Morgan fingerprint density at radius 1 is 1.20 bits per heavy atom. The van der Waals surface area contributed by atoms with Crippen molar-refractivity contribution in [1.82, 2.24) is 9.88 Å². The van der Waals surface area contributed by atoms with Crippen LogP contribution in [0, 0.1) is 12.8 Å². The summed E-state index contributed by atoms with van der Waals surface area (Å²) in [6.07, 6.45) is 5.87. The predicted octanol–water partition coefficient (Wildman–Crippen LogP) is 4.14. The van der Waals surface area contributed by atoms with Gasteiger partial charge in [0.25, 0.3) is 0 Å². The van der Waals surface area contributed by atoms with E-state index in [1.54, 1.807) is 6.20 Å². The van der Waals surface area contributed by atoms with Crippen LogP contribution in [-0.2, 0) is 4.74 Å². The van der Waals surface area contributed by atoms with E-state index in [4.69, 9.17) is 4.74 Å². The van der Waals surface area contributed by atoms with Gasteiger partial charge in [-0.05, 0) is 71.4 Å². The highest BCUT2D eigenvalue weighted by atomic mass is 16.6. The van der Waals surface area contributed by atoms with Crippen LogP contribution in [0.4, 0.5) is 4.79 Å². The van der Waals surface area contributed by atoms with E-state index in [9.17, 15) is 9.59 Å². The van der Waals surface area contributed by atoms with Gasteiger partial charge < -0.3 is 9.64 Å². The highest BCUT2D eigenvalue weighted by Crippen LogP contribution is 2.39. The lowest BCUT2D eigenvalue weighted by Crippen LogP contribution is -2.56. The summed E-state index contributed by atoms with van der Waals surface area (Å²) in [5, 5.41) is 0.